The first-order chi connectivity index (χ1) is 15.8. The molecule has 0 spiro atoms. The van der Waals surface area contributed by atoms with Crippen LogP contribution in [0.5, 0.6) is 0 Å². The number of aryl methyl sites for hydroxylation is 1. The highest BCUT2D eigenvalue weighted by Crippen LogP contribution is 2.24. The van der Waals surface area contributed by atoms with Crippen LogP contribution in [0.3, 0.4) is 0 Å². The van der Waals surface area contributed by atoms with Gasteiger partial charge in [0.05, 0.1) is 21.0 Å². The van der Waals surface area contributed by atoms with Gasteiger partial charge in [0.25, 0.3) is 11.5 Å². The van der Waals surface area contributed by atoms with Crippen LogP contribution in [0, 0.1) is 0 Å². The van der Waals surface area contributed by atoms with Crippen molar-refractivity contribution in [3.63, 3.8) is 0 Å². The molecule has 0 aromatic carbocycles. The Bertz CT molecular complexity index is 1500. The number of carbonyl (C=O) groups is 1. The molecule has 0 atom stereocenters. The van der Waals surface area contributed by atoms with Gasteiger partial charge < -0.3 is 9.30 Å². The highest BCUT2D eigenvalue weighted by atomic mass is 35.5. The lowest BCUT2D eigenvalue weighted by Crippen LogP contribution is -2.36. The zero-order valence-corrected chi connectivity index (χ0v) is 19.9. The molecule has 0 saturated carbocycles. The summed E-state index contributed by atoms with van der Waals surface area (Å²) in [6, 6.07) is 5.34. The molecule has 0 bridgehead atoms. The summed E-state index contributed by atoms with van der Waals surface area (Å²) < 4.78 is 4.41. The second-order valence-corrected chi connectivity index (χ2v) is 9.77. The summed E-state index contributed by atoms with van der Waals surface area (Å²) in [7, 11) is 3.07. The molecule has 11 heteroatoms. The molecular formula is C22H23ClN6O3S. The smallest absolute Gasteiger partial charge is 0.331 e. The molecule has 9 nitrogen and oxygen atoms in total. The molecule has 0 aliphatic carbocycles. The van der Waals surface area contributed by atoms with E-state index >= 15 is 0 Å². The van der Waals surface area contributed by atoms with Crippen LogP contribution in [0.25, 0.3) is 15.9 Å². The van der Waals surface area contributed by atoms with Gasteiger partial charge in [-0.2, -0.15) is 0 Å². The first kappa shape index (κ1) is 21.9. The number of rotatable bonds is 3. The van der Waals surface area contributed by atoms with Gasteiger partial charge in [-0.1, -0.05) is 11.6 Å². The molecule has 1 aliphatic heterocycles. The van der Waals surface area contributed by atoms with Crippen molar-refractivity contribution in [2.75, 3.05) is 26.2 Å². The van der Waals surface area contributed by atoms with Gasteiger partial charge in [0.15, 0.2) is 0 Å². The van der Waals surface area contributed by atoms with E-state index in [2.05, 4.69) is 9.88 Å². The molecule has 33 heavy (non-hydrogen) atoms. The van der Waals surface area contributed by atoms with Gasteiger partial charge in [-0.25, -0.2) is 9.78 Å². The van der Waals surface area contributed by atoms with Gasteiger partial charge in [0.1, 0.15) is 10.5 Å². The van der Waals surface area contributed by atoms with Crippen LogP contribution in [0.2, 0.25) is 5.02 Å². The number of thiophene rings is 1. The second-order valence-electron chi connectivity index (χ2n) is 8.30. The van der Waals surface area contributed by atoms with E-state index in [-0.39, 0.29) is 11.5 Å². The van der Waals surface area contributed by atoms with Crippen molar-refractivity contribution in [3.05, 3.63) is 67.0 Å². The number of hydrogen-bond acceptors (Lipinski definition) is 6. The lowest BCUT2D eigenvalue weighted by atomic mass is 10.3. The van der Waals surface area contributed by atoms with Gasteiger partial charge in [0.2, 0.25) is 0 Å². The monoisotopic (exact) mass is 486 g/mol. The van der Waals surface area contributed by atoms with Crippen LogP contribution in [-0.4, -0.2) is 60.4 Å². The Morgan fingerprint density at radius 2 is 1.91 bits per heavy atom. The minimum absolute atomic E-state index is 0.102. The van der Waals surface area contributed by atoms with Crippen molar-refractivity contribution in [1.29, 1.82) is 0 Å². The van der Waals surface area contributed by atoms with E-state index in [0.717, 1.165) is 35.4 Å². The maximum atomic E-state index is 13.2. The van der Waals surface area contributed by atoms with Crippen LogP contribution in [-0.2, 0) is 20.6 Å². The van der Waals surface area contributed by atoms with Gasteiger partial charge in [-0.05, 0) is 24.6 Å². The Morgan fingerprint density at radius 3 is 2.73 bits per heavy atom. The summed E-state index contributed by atoms with van der Waals surface area (Å²) in [6.07, 6.45) is 4.66. The molecule has 4 aromatic heterocycles. The Morgan fingerprint density at radius 1 is 1.09 bits per heavy atom. The number of halogens is 1. The number of hydrogen-bond donors (Lipinski definition) is 0. The quantitative estimate of drug-likeness (QED) is 0.442. The van der Waals surface area contributed by atoms with Crippen molar-refractivity contribution < 1.29 is 4.79 Å². The van der Waals surface area contributed by atoms with Gasteiger partial charge >= 0.3 is 5.69 Å². The fourth-order valence-corrected chi connectivity index (χ4v) is 5.52. The van der Waals surface area contributed by atoms with Crippen molar-refractivity contribution in [1.82, 2.24) is 28.3 Å². The first-order valence-corrected chi connectivity index (χ1v) is 11.9. The van der Waals surface area contributed by atoms with Crippen LogP contribution in [0.15, 0.2) is 40.2 Å². The fraction of sp³-hybridized carbons (Fsp3) is 0.364. The molecule has 0 radical (unpaired) electrons. The molecule has 0 unspecified atom stereocenters. The van der Waals surface area contributed by atoms with E-state index in [0.29, 0.717) is 39.8 Å². The first-order valence-electron chi connectivity index (χ1n) is 10.7. The largest absolute Gasteiger partial charge is 0.337 e. The van der Waals surface area contributed by atoms with Crippen molar-refractivity contribution >= 4 is 44.7 Å². The summed E-state index contributed by atoms with van der Waals surface area (Å²) in [4.78, 5) is 47.7. The number of nitrogens with zero attached hydrogens (tertiary/aromatic N) is 6. The minimum Gasteiger partial charge on any atom is -0.337 e. The molecule has 0 N–H and O–H groups in total. The van der Waals surface area contributed by atoms with Crippen LogP contribution in [0.1, 0.15) is 21.8 Å². The van der Waals surface area contributed by atoms with Gasteiger partial charge in [-0.3, -0.25) is 23.6 Å². The molecule has 4 aromatic rings. The molecule has 1 fully saturated rings. The van der Waals surface area contributed by atoms with E-state index < -0.39 is 5.69 Å². The lowest BCUT2D eigenvalue weighted by Gasteiger charge is -2.21. The number of carbonyl (C=O) groups excluding carboxylic acids is 1. The van der Waals surface area contributed by atoms with E-state index in [1.54, 1.807) is 13.1 Å². The number of imidazole rings is 1. The number of aromatic nitrogens is 4. The third kappa shape index (κ3) is 3.98. The number of amides is 1. The Labute approximate surface area is 198 Å². The van der Waals surface area contributed by atoms with E-state index in [9.17, 15) is 14.4 Å². The van der Waals surface area contributed by atoms with Crippen molar-refractivity contribution in [3.8, 4) is 0 Å². The van der Waals surface area contributed by atoms with E-state index in [1.165, 1.54) is 23.0 Å². The second kappa shape index (κ2) is 8.44. The summed E-state index contributed by atoms with van der Waals surface area (Å²) in [5.74, 6) is -0.102. The highest BCUT2D eigenvalue weighted by molar-refractivity contribution is 7.20. The SMILES string of the molecule is Cn1c(=O)c2cc(C(=O)N3CCCN(Cc4cn5cc(Cl)ccc5n4)CC3)sc2n(C)c1=O. The molecule has 1 saturated heterocycles. The van der Waals surface area contributed by atoms with Gasteiger partial charge in [-0.15, -0.1) is 11.3 Å². The van der Waals surface area contributed by atoms with E-state index in [4.69, 9.17) is 11.6 Å². The number of fused-ring (bicyclic) bond motifs is 2. The Kier molecular flexibility index (Phi) is 5.59. The van der Waals surface area contributed by atoms with Crippen LogP contribution >= 0.6 is 22.9 Å². The molecule has 1 amide bonds. The standard InChI is InChI=1S/C22H23ClN6O3S/c1-25-19(30)16-10-17(33-21(16)26(2)22(25)32)20(31)28-7-3-6-27(8-9-28)12-15-13-29-11-14(23)4-5-18(29)24-15/h4-5,10-11,13H,3,6-9,12H2,1-2H3. The summed E-state index contributed by atoms with van der Waals surface area (Å²) in [6.45, 7) is 3.51. The van der Waals surface area contributed by atoms with Crippen molar-refractivity contribution in [2.24, 2.45) is 14.1 Å². The fourth-order valence-electron chi connectivity index (χ4n) is 4.28. The molecule has 5 rings (SSSR count). The minimum atomic E-state index is -0.395. The predicted molar refractivity (Wildman–Crippen MR) is 128 cm³/mol. The van der Waals surface area contributed by atoms with Crippen LogP contribution in [0.4, 0.5) is 0 Å². The third-order valence-electron chi connectivity index (χ3n) is 6.06. The zero-order valence-electron chi connectivity index (χ0n) is 18.3. The molecular weight excluding hydrogens is 464 g/mol. The topological polar surface area (TPSA) is 84.8 Å². The normalized spacial score (nSPS) is 15.4. The summed E-state index contributed by atoms with van der Waals surface area (Å²) >= 11 is 7.26. The lowest BCUT2D eigenvalue weighted by molar-refractivity contribution is 0.0766. The number of pyridine rings is 1. The Balaban J connectivity index is 1.32. The Hall–Kier alpha value is -2.95. The maximum Gasteiger partial charge on any atom is 0.331 e. The maximum absolute atomic E-state index is 13.2. The highest BCUT2D eigenvalue weighted by Gasteiger charge is 2.24. The zero-order chi connectivity index (χ0) is 23.3. The molecule has 1 aliphatic rings. The average molecular weight is 487 g/mol. The predicted octanol–water partition coefficient (Wildman–Crippen LogP) is 1.95. The van der Waals surface area contributed by atoms with Crippen molar-refractivity contribution in [2.45, 2.75) is 13.0 Å². The summed E-state index contributed by atoms with van der Waals surface area (Å²) in [5, 5.41) is 1.06. The summed E-state index contributed by atoms with van der Waals surface area (Å²) in [5.41, 5.74) is 1.04. The average Bonchev–Trinajstić information content (AvgIpc) is 3.34. The van der Waals surface area contributed by atoms with E-state index in [1.807, 2.05) is 33.8 Å². The molecule has 5 heterocycles. The molecule has 172 valence electrons. The van der Waals surface area contributed by atoms with Gasteiger partial charge in [0, 0.05) is 59.2 Å². The third-order valence-corrected chi connectivity index (χ3v) is 7.49. The van der Waals surface area contributed by atoms with Crippen LogP contribution < -0.4 is 11.2 Å².